The van der Waals surface area contributed by atoms with Gasteiger partial charge in [0.25, 0.3) is 5.91 Å². The Kier molecular flexibility index (Phi) is 4.62. The number of aryl methyl sites for hydroxylation is 1. The van der Waals surface area contributed by atoms with Crippen molar-refractivity contribution in [1.29, 1.82) is 0 Å². The van der Waals surface area contributed by atoms with Crippen LogP contribution in [0.15, 0.2) is 42.5 Å². The number of hydrogen-bond donors (Lipinski definition) is 1. The minimum absolute atomic E-state index is 0.118. The average molecular weight is 324 g/mol. The first-order valence-electron chi connectivity index (χ1n) is 7.88. The fourth-order valence-corrected chi connectivity index (χ4v) is 2.96. The number of carbonyl (C=O) groups is 2. The van der Waals surface area contributed by atoms with Gasteiger partial charge in [0.2, 0.25) is 5.91 Å². The molecule has 2 aromatic carbocycles. The highest BCUT2D eigenvalue weighted by Gasteiger charge is 2.21. The van der Waals surface area contributed by atoms with E-state index in [4.69, 9.17) is 4.74 Å². The van der Waals surface area contributed by atoms with E-state index in [1.165, 1.54) is 0 Å². The van der Waals surface area contributed by atoms with E-state index in [9.17, 15) is 9.59 Å². The number of amides is 2. The molecule has 2 amide bonds. The Hall–Kier alpha value is -2.66. The monoisotopic (exact) mass is 324 g/mol. The molecule has 1 heterocycles. The number of anilines is 2. The summed E-state index contributed by atoms with van der Waals surface area (Å²) in [5.74, 6) is -0.0457. The Morgan fingerprint density at radius 1 is 1.21 bits per heavy atom. The summed E-state index contributed by atoms with van der Waals surface area (Å²) in [6, 6.07) is 13.0. The van der Waals surface area contributed by atoms with Gasteiger partial charge in [-0.05, 0) is 41.8 Å². The van der Waals surface area contributed by atoms with Crippen molar-refractivity contribution in [3.05, 3.63) is 59.2 Å². The Morgan fingerprint density at radius 3 is 2.79 bits per heavy atom. The molecule has 1 aliphatic rings. The van der Waals surface area contributed by atoms with Gasteiger partial charge in [-0.15, -0.1) is 0 Å². The first-order valence-corrected chi connectivity index (χ1v) is 7.88. The van der Waals surface area contributed by atoms with Crippen molar-refractivity contribution in [3.8, 4) is 0 Å². The second kappa shape index (κ2) is 6.84. The Bertz CT molecular complexity index is 786. The summed E-state index contributed by atoms with van der Waals surface area (Å²) in [4.78, 5) is 26.0. The molecule has 5 nitrogen and oxygen atoms in total. The maximum Gasteiger partial charge on any atom is 0.256 e. The van der Waals surface area contributed by atoms with Gasteiger partial charge in [-0.3, -0.25) is 9.59 Å². The number of nitrogens with zero attached hydrogens (tertiary/aromatic N) is 1. The van der Waals surface area contributed by atoms with Crippen LogP contribution in [0.2, 0.25) is 0 Å². The Balaban J connectivity index is 1.82. The summed E-state index contributed by atoms with van der Waals surface area (Å²) >= 11 is 0. The van der Waals surface area contributed by atoms with E-state index in [1.807, 2.05) is 36.4 Å². The van der Waals surface area contributed by atoms with E-state index < -0.39 is 0 Å². The third-order valence-corrected chi connectivity index (χ3v) is 4.24. The minimum atomic E-state index is -0.164. The van der Waals surface area contributed by atoms with Gasteiger partial charge in [0, 0.05) is 37.5 Å². The van der Waals surface area contributed by atoms with Crippen molar-refractivity contribution in [3.63, 3.8) is 0 Å². The molecule has 0 saturated heterocycles. The lowest BCUT2D eigenvalue weighted by molar-refractivity contribution is -0.118. The van der Waals surface area contributed by atoms with Crippen LogP contribution >= 0.6 is 0 Å². The molecular weight excluding hydrogens is 304 g/mol. The van der Waals surface area contributed by atoms with Crippen LogP contribution in [0.3, 0.4) is 0 Å². The number of carbonyl (C=O) groups excluding carboxylic acids is 2. The van der Waals surface area contributed by atoms with Gasteiger partial charge in [-0.25, -0.2) is 0 Å². The second-order valence-corrected chi connectivity index (χ2v) is 5.84. The normalized spacial score (nSPS) is 13.6. The number of benzene rings is 2. The molecule has 0 atom stereocenters. The van der Waals surface area contributed by atoms with E-state index in [1.54, 1.807) is 25.1 Å². The highest BCUT2D eigenvalue weighted by molar-refractivity contribution is 6.05. The van der Waals surface area contributed by atoms with Crippen LogP contribution < -0.4 is 10.2 Å². The van der Waals surface area contributed by atoms with Gasteiger partial charge in [-0.2, -0.15) is 0 Å². The second-order valence-electron chi connectivity index (χ2n) is 5.84. The van der Waals surface area contributed by atoms with E-state index in [0.29, 0.717) is 25.0 Å². The lowest BCUT2D eigenvalue weighted by atomic mass is 10.0. The number of nitrogens with one attached hydrogen (secondary N) is 1. The smallest absolute Gasteiger partial charge is 0.256 e. The summed E-state index contributed by atoms with van der Waals surface area (Å²) < 4.78 is 5.15. The number of hydrogen-bond acceptors (Lipinski definition) is 3. The molecule has 0 aromatic heterocycles. The van der Waals surface area contributed by atoms with Gasteiger partial charge in [-0.1, -0.05) is 18.2 Å². The predicted molar refractivity (Wildman–Crippen MR) is 93.3 cm³/mol. The number of ether oxygens (including phenoxy) is 1. The zero-order valence-corrected chi connectivity index (χ0v) is 13.8. The molecule has 1 aliphatic heterocycles. The van der Waals surface area contributed by atoms with Gasteiger partial charge < -0.3 is 15.0 Å². The SMILES string of the molecule is COCc1ccccc1C(=O)Nc1ccc2c(c1)CCC(=O)N2C. The van der Waals surface area contributed by atoms with Crippen LogP contribution in [0.4, 0.5) is 11.4 Å². The van der Waals surface area contributed by atoms with Crippen molar-refractivity contribution in [2.24, 2.45) is 0 Å². The predicted octanol–water partition coefficient (Wildman–Crippen LogP) is 2.99. The molecule has 2 aromatic rings. The molecule has 5 heteroatoms. The standard InChI is InChI=1S/C19H20N2O3/c1-21-17-9-8-15(11-13(17)7-10-18(21)22)20-19(23)16-6-4-3-5-14(16)12-24-2/h3-6,8-9,11H,7,10,12H2,1-2H3,(H,20,23). The summed E-state index contributed by atoms with van der Waals surface area (Å²) in [6.07, 6.45) is 1.19. The molecule has 0 unspecified atom stereocenters. The lowest BCUT2D eigenvalue weighted by Crippen LogP contribution is -2.31. The van der Waals surface area contributed by atoms with Crippen LogP contribution in [0, 0.1) is 0 Å². The van der Waals surface area contributed by atoms with Crippen molar-refractivity contribution >= 4 is 23.2 Å². The molecular formula is C19H20N2O3. The average Bonchev–Trinajstić information content (AvgIpc) is 2.59. The van der Waals surface area contributed by atoms with E-state index >= 15 is 0 Å². The van der Waals surface area contributed by atoms with Crippen LogP contribution in [0.1, 0.15) is 27.9 Å². The summed E-state index contributed by atoms with van der Waals surface area (Å²) in [6.45, 7) is 0.390. The summed E-state index contributed by atoms with van der Waals surface area (Å²) in [5, 5.41) is 2.94. The van der Waals surface area contributed by atoms with Gasteiger partial charge in [0.15, 0.2) is 0 Å². The van der Waals surface area contributed by atoms with Gasteiger partial charge >= 0.3 is 0 Å². The van der Waals surface area contributed by atoms with Gasteiger partial charge in [0.05, 0.1) is 6.61 Å². The molecule has 0 saturated carbocycles. The summed E-state index contributed by atoms with van der Waals surface area (Å²) in [5.41, 5.74) is 4.16. The van der Waals surface area contributed by atoms with Gasteiger partial charge in [0.1, 0.15) is 0 Å². The Morgan fingerprint density at radius 2 is 2.00 bits per heavy atom. The van der Waals surface area contributed by atoms with Crippen LogP contribution in [-0.2, 0) is 22.6 Å². The topological polar surface area (TPSA) is 58.6 Å². The van der Waals surface area contributed by atoms with Crippen LogP contribution in [0.25, 0.3) is 0 Å². The molecule has 0 spiro atoms. The highest BCUT2D eigenvalue weighted by atomic mass is 16.5. The lowest BCUT2D eigenvalue weighted by Gasteiger charge is -2.26. The third-order valence-electron chi connectivity index (χ3n) is 4.24. The maximum atomic E-state index is 12.6. The Labute approximate surface area is 141 Å². The van der Waals surface area contributed by atoms with Crippen molar-refractivity contribution in [1.82, 2.24) is 0 Å². The quantitative estimate of drug-likeness (QED) is 0.940. The zero-order chi connectivity index (χ0) is 17.1. The molecule has 24 heavy (non-hydrogen) atoms. The van der Waals surface area contributed by atoms with Crippen LogP contribution in [0.5, 0.6) is 0 Å². The number of rotatable bonds is 4. The van der Waals surface area contributed by atoms with E-state index in [0.717, 1.165) is 22.5 Å². The first kappa shape index (κ1) is 16.2. The fraction of sp³-hybridized carbons (Fsp3) is 0.263. The molecule has 0 aliphatic carbocycles. The molecule has 0 radical (unpaired) electrons. The fourth-order valence-electron chi connectivity index (χ4n) is 2.96. The molecule has 124 valence electrons. The minimum Gasteiger partial charge on any atom is -0.380 e. The molecule has 1 N–H and O–H groups in total. The maximum absolute atomic E-state index is 12.6. The number of methoxy groups -OCH3 is 1. The van der Waals surface area contributed by atoms with E-state index in [2.05, 4.69) is 5.32 Å². The summed E-state index contributed by atoms with van der Waals surface area (Å²) in [7, 11) is 3.38. The first-order chi connectivity index (χ1) is 11.6. The van der Waals surface area contributed by atoms with Crippen LogP contribution in [-0.4, -0.2) is 26.0 Å². The molecule has 3 rings (SSSR count). The molecule has 0 fully saturated rings. The van der Waals surface area contributed by atoms with Crippen molar-refractivity contribution in [2.45, 2.75) is 19.4 Å². The van der Waals surface area contributed by atoms with E-state index in [-0.39, 0.29) is 11.8 Å². The molecule has 0 bridgehead atoms. The largest absolute Gasteiger partial charge is 0.380 e. The number of fused-ring (bicyclic) bond motifs is 1. The van der Waals surface area contributed by atoms with Crippen molar-refractivity contribution in [2.75, 3.05) is 24.4 Å². The third kappa shape index (κ3) is 3.16. The highest BCUT2D eigenvalue weighted by Crippen LogP contribution is 2.29. The van der Waals surface area contributed by atoms with Crippen molar-refractivity contribution < 1.29 is 14.3 Å². The zero-order valence-electron chi connectivity index (χ0n) is 13.8.